The molecule has 0 spiro atoms. The molecule has 0 aliphatic rings. The molecule has 0 saturated carbocycles. The lowest BCUT2D eigenvalue weighted by atomic mass is 10.1. The topological polar surface area (TPSA) is 36.4 Å². The van der Waals surface area contributed by atoms with E-state index in [4.69, 9.17) is 0 Å². The fraction of sp³-hybridized carbons (Fsp3) is 0.217. The smallest absolute Gasteiger partial charge is 0.259 e. The first-order valence-electron chi connectivity index (χ1n) is 9.30. The second kappa shape index (κ2) is 8.49. The van der Waals surface area contributed by atoms with Crippen molar-refractivity contribution in [1.29, 1.82) is 0 Å². The third-order valence-corrected chi connectivity index (χ3v) is 4.54. The maximum atomic E-state index is 13.1. The third-order valence-electron chi connectivity index (χ3n) is 4.54. The van der Waals surface area contributed by atoms with Crippen LogP contribution in [0.2, 0.25) is 0 Å². The van der Waals surface area contributed by atoms with Crippen LogP contribution in [0.4, 0.5) is 17.1 Å². The van der Waals surface area contributed by atoms with Crippen LogP contribution in [0.3, 0.4) is 0 Å². The number of carbonyl (C=O) groups excluding carboxylic acids is 1. The van der Waals surface area contributed by atoms with E-state index in [9.17, 15) is 4.79 Å². The van der Waals surface area contributed by atoms with Gasteiger partial charge in [0, 0.05) is 30.7 Å². The zero-order chi connectivity index (χ0) is 19.2. The van der Waals surface area contributed by atoms with Crippen LogP contribution in [-0.2, 0) is 0 Å². The van der Waals surface area contributed by atoms with Crippen molar-refractivity contribution in [3.8, 4) is 0 Å². The van der Waals surface area contributed by atoms with Crippen molar-refractivity contribution in [1.82, 2.24) is 4.98 Å². The van der Waals surface area contributed by atoms with Gasteiger partial charge in [-0.15, -0.1) is 0 Å². The normalized spacial score (nSPS) is 10.5. The standard InChI is InChI=1S/C23H25N3O/c1-4-25(21-13-9-10-18(3)14-21)22-15-19(16-24-17-22)23(27)26(5-2)20-11-7-6-8-12-20/h6-17H,4-5H2,1-3H3. The number of benzene rings is 2. The monoisotopic (exact) mass is 359 g/mol. The number of anilines is 3. The van der Waals surface area contributed by atoms with Gasteiger partial charge < -0.3 is 9.80 Å². The molecular formula is C23H25N3O. The van der Waals surface area contributed by atoms with E-state index in [0.29, 0.717) is 12.1 Å². The van der Waals surface area contributed by atoms with Gasteiger partial charge in [0.25, 0.3) is 5.91 Å². The highest BCUT2D eigenvalue weighted by atomic mass is 16.2. The Morgan fingerprint density at radius 3 is 2.26 bits per heavy atom. The van der Waals surface area contributed by atoms with Gasteiger partial charge >= 0.3 is 0 Å². The largest absolute Gasteiger partial charge is 0.340 e. The van der Waals surface area contributed by atoms with Crippen molar-refractivity contribution in [3.05, 3.63) is 84.2 Å². The van der Waals surface area contributed by atoms with Crippen LogP contribution in [0, 0.1) is 6.92 Å². The van der Waals surface area contributed by atoms with E-state index in [-0.39, 0.29) is 5.91 Å². The molecule has 4 heteroatoms. The van der Waals surface area contributed by atoms with Crippen LogP contribution in [0.1, 0.15) is 29.8 Å². The summed E-state index contributed by atoms with van der Waals surface area (Å²) in [5.41, 5.74) is 4.69. The summed E-state index contributed by atoms with van der Waals surface area (Å²) in [6.45, 7) is 7.54. The average Bonchev–Trinajstić information content (AvgIpc) is 2.70. The van der Waals surface area contributed by atoms with Crippen molar-refractivity contribution in [2.45, 2.75) is 20.8 Å². The zero-order valence-electron chi connectivity index (χ0n) is 16.1. The molecule has 0 unspecified atom stereocenters. The average molecular weight is 359 g/mol. The number of aryl methyl sites for hydroxylation is 1. The van der Waals surface area contributed by atoms with Crippen molar-refractivity contribution in [2.24, 2.45) is 0 Å². The Labute approximate surface area is 161 Å². The summed E-state index contributed by atoms with van der Waals surface area (Å²) in [5.74, 6) is -0.0432. The lowest BCUT2D eigenvalue weighted by molar-refractivity contribution is 0.0988. The van der Waals surface area contributed by atoms with Crippen LogP contribution in [0.25, 0.3) is 0 Å². The quantitative estimate of drug-likeness (QED) is 0.606. The Balaban J connectivity index is 1.93. The molecule has 0 fully saturated rings. The summed E-state index contributed by atoms with van der Waals surface area (Å²) in [7, 11) is 0. The van der Waals surface area contributed by atoms with E-state index in [1.807, 2.05) is 49.4 Å². The SMILES string of the molecule is CCN(C(=O)c1cncc(N(CC)c2cccc(C)c2)c1)c1ccccc1. The van der Waals surface area contributed by atoms with Crippen LogP contribution in [0.15, 0.2) is 73.1 Å². The van der Waals surface area contributed by atoms with Gasteiger partial charge in [-0.1, -0.05) is 30.3 Å². The molecule has 1 aromatic heterocycles. The fourth-order valence-electron chi connectivity index (χ4n) is 3.21. The molecule has 0 radical (unpaired) electrons. The minimum absolute atomic E-state index is 0.0432. The van der Waals surface area contributed by atoms with Gasteiger partial charge in [-0.25, -0.2) is 0 Å². The van der Waals surface area contributed by atoms with Crippen LogP contribution in [0.5, 0.6) is 0 Å². The Hall–Kier alpha value is -3.14. The lowest BCUT2D eigenvalue weighted by Gasteiger charge is -2.25. The summed E-state index contributed by atoms with van der Waals surface area (Å²) in [6.07, 6.45) is 3.45. The van der Waals surface area contributed by atoms with E-state index in [2.05, 4.69) is 41.9 Å². The Kier molecular flexibility index (Phi) is 5.87. The van der Waals surface area contributed by atoms with E-state index in [0.717, 1.165) is 23.6 Å². The predicted octanol–water partition coefficient (Wildman–Crippen LogP) is 5.21. The molecule has 27 heavy (non-hydrogen) atoms. The lowest BCUT2D eigenvalue weighted by Crippen LogP contribution is -2.30. The van der Waals surface area contributed by atoms with Crippen LogP contribution >= 0.6 is 0 Å². The molecule has 4 nitrogen and oxygen atoms in total. The summed E-state index contributed by atoms with van der Waals surface area (Å²) in [5, 5.41) is 0. The highest BCUT2D eigenvalue weighted by molar-refractivity contribution is 6.06. The van der Waals surface area contributed by atoms with Crippen LogP contribution < -0.4 is 9.80 Å². The minimum Gasteiger partial charge on any atom is -0.340 e. The van der Waals surface area contributed by atoms with Gasteiger partial charge in [0.05, 0.1) is 17.4 Å². The maximum Gasteiger partial charge on any atom is 0.259 e. The highest BCUT2D eigenvalue weighted by Crippen LogP contribution is 2.26. The van der Waals surface area contributed by atoms with E-state index < -0.39 is 0 Å². The Morgan fingerprint density at radius 1 is 0.852 bits per heavy atom. The number of hydrogen-bond donors (Lipinski definition) is 0. The molecule has 138 valence electrons. The molecule has 0 N–H and O–H groups in total. The number of nitrogens with zero attached hydrogens (tertiary/aromatic N) is 3. The highest BCUT2D eigenvalue weighted by Gasteiger charge is 2.18. The van der Waals surface area contributed by atoms with Gasteiger partial charge in [0.1, 0.15) is 0 Å². The minimum atomic E-state index is -0.0432. The molecule has 3 aromatic rings. The van der Waals surface area contributed by atoms with Gasteiger partial charge in [0.15, 0.2) is 0 Å². The Bertz CT molecular complexity index is 908. The van der Waals surface area contributed by atoms with E-state index >= 15 is 0 Å². The molecule has 0 bridgehead atoms. The summed E-state index contributed by atoms with van der Waals surface area (Å²) >= 11 is 0. The van der Waals surface area contributed by atoms with Crippen molar-refractivity contribution in [2.75, 3.05) is 22.9 Å². The number of rotatable bonds is 6. The number of amides is 1. The summed E-state index contributed by atoms with van der Waals surface area (Å²) in [6, 6.07) is 20.0. The molecule has 0 aliphatic heterocycles. The molecular weight excluding hydrogens is 334 g/mol. The van der Waals surface area contributed by atoms with Crippen molar-refractivity contribution in [3.63, 3.8) is 0 Å². The van der Waals surface area contributed by atoms with Gasteiger partial charge in [0.2, 0.25) is 0 Å². The van der Waals surface area contributed by atoms with Crippen molar-refractivity contribution >= 4 is 23.0 Å². The fourth-order valence-corrected chi connectivity index (χ4v) is 3.21. The number of para-hydroxylation sites is 1. The maximum absolute atomic E-state index is 13.1. The predicted molar refractivity (Wildman–Crippen MR) is 112 cm³/mol. The molecule has 0 atom stereocenters. The second-order valence-electron chi connectivity index (χ2n) is 6.40. The van der Waals surface area contributed by atoms with Gasteiger partial charge in [-0.2, -0.15) is 0 Å². The van der Waals surface area contributed by atoms with Gasteiger partial charge in [-0.05, 0) is 56.7 Å². The van der Waals surface area contributed by atoms with Crippen LogP contribution in [-0.4, -0.2) is 24.0 Å². The summed E-state index contributed by atoms with van der Waals surface area (Å²) in [4.78, 5) is 21.4. The van der Waals surface area contributed by atoms with E-state index in [1.165, 1.54) is 5.56 Å². The first kappa shape index (κ1) is 18.6. The number of pyridine rings is 1. The number of aromatic nitrogens is 1. The van der Waals surface area contributed by atoms with Crippen molar-refractivity contribution < 1.29 is 4.79 Å². The molecule has 3 rings (SSSR count). The molecule has 0 saturated heterocycles. The van der Waals surface area contributed by atoms with Gasteiger partial charge in [-0.3, -0.25) is 9.78 Å². The zero-order valence-corrected chi connectivity index (χ0v) is 16.1. The molecule has 1 amide bonds. The number of carbonyl (C=O) groups is 1. The molecule has 0 aliphatic carbocycles. The Morgan fingerprint density at radius 2 is 1.59 bits per heavy atom. The van der Waals surface area contributed by atoms with E-state index in [1.54, 1.807) is 17.3 Å². The molecule has 1 heterocycles. The number of hydrogen-bond acceptors (Lipinski definition) is 3. The third kappa shape index (κ3) is 4.17. The second-order valence-corrected chi connectivity index (χ2v) is 6.40. The summed E-state index contributed by atoms with van der Waals surface area (Å²) < 4.78 is 0. The first-order valence-corrected chi connectivity index (χ1v) is 9.30. The molecule has 2 aromatic carbocycles. The first-order chi connectivity index (χ1) is 13.1.